The predicted molar refractivity (Wildman–Crippen MR) is 103 cm³/mol. The van der Waals surface area contributed by atoms with E-state index < -0.39 is 11.6 Å². The summed E-state index contributed by atoms with van der Waals surface area (Å²) in [6, 6.07) is 13.2. The Morgan fingerprint density at radius 3 is 2.30 bits per heavy atom. The normalized spacial score (nSPS) is 25.7. The SMILES string of the molecule is Cl.N[C@@H]1CN(C2CCN(c3c(F)cccc3F)C2=O)C[C@H]1c1ccccc1. The second-order valence-electron chi connectivity index (χ2n) is 7.00. The number of nitrogens with zero attached hydrogens (tertiary/aromatic N) is 2. The van der Waals surface area contributed by atoms with Crippen LogP contribution < -0.4 is 10.6 Å². The maximum atomic E-state index is 14.1. The van der Waals surface area contributed by atoms with Crippen molar-refractivity contribution in [1.29, 1.82) is 0 Å². The van der Waals surface area contributed by atoms with Gasteiger partial charge in [-0.2, -0.15) is 0 Å². The number of halogens is 3. The van der Waals surface area contributed by atoms with E-state index in [2.05, 4.69) is 4.90 Å². The second-order valence-corrected chi connectivity index (χ2v) is 7.00. The molecule has 4 nitrogen and oxygen atoms in total. The zero-order valence-electron chi connectivity index (χ0n) is 14.7. The largest absolute Gasteiger partial charge is 0.326 e. The maximum Gasteiger partial charge on any atom is 0.244 e. The van der Waals surface area contributed by atoms with Gasteiger partial charge in [-0.05, 0) is 24.1 Å². The Morgan fingerprint density at radius 2 is 1.63 bits per heavy atom. The van der Waals surface area contributed by atoms with Crippen molar-refractivity contribution < 1.29 is 13.6 Å². The van der Waals surface area contributed by atoms with Crippen LogP contribution in [0.3, 0.4) is 0 Å². The number of hydrogen-bond acceptors (Lipinski definition) is 3. The van der Waals surface area contributed by atoms with Crippen molar-refractivity contribution in [3.8, 4) is 0 Å². The molecule has 2 fully saturated rings. The molecule has 2 aromatic carbocycles. The Labute approximate surface area is 163 Å². The molecule has 0 saturated carbocycles. The molecule has 2 aromatic rings. The lowest BCUT2D eigenvalue weighted by Gasteiger charge is -2.23. The zero-order chi connectivity index (χ0) is 18.3. The number of carbonyl (C=O) groups is 1. The Bertz CT molecular complexity index is 800. The first-order valence-corrected chi connectivity index (χ1v) is 8.86. The molecule has 0 bridgehead atoms. The van der Waals surface area contributed by atoms with Crippen molar-refractivity contribution in [2.45, 2.75) is 24.4 Å². The number of benzene rings is 2. The van der Waals surface area contributed by atoms with Gasteiger partial charge in [0.25, 0.3) is 0 Å². The third-order valence-corrected chi connectivity index (χ3v) is 5.45. The number of hydrogen-bond donors (Lipinski definition) is 1. The van der Waals surface area contributed by atoms with Gasteiger partial charge in [0, 0.05) is 31.6 Å². The predicted octanol–water partition coefficient (Wildman–Crippen LogP) is 2.92. The van der Waals surface area contributed by atoms with Crippen LogP contribution in [0, 0.1) is 11.6 Å². The minimum atomic E-state index is -0.709. The monoisotopic (exact) mass is 393 g/mol. The fraction of sp³-hybridized carbons (Fsp3) is 0.350. The quantitative estimate of drug-likeness (QED) is 0.872. The Kier molecular flexibility index (Phi) is 5.79. The van der Waals surface area contributed by atoms with Crippen LogP contribution in [0.4, 0.5) is 14.5 Å². The van der Waals surface area contributed by atoms with Gasteiger partial charge in [-0.1, -0.05) is 36.4 Å². The number of likely N-dealkylation sites (tertiary alicyclic amines) is 1. The van der Waals surface area contributed by atoms with Crippen LogP contribution in [-0.2, 0) is 4.79 Å². The van der Waals surface area contributed by atoms with E-state index in [-0.39, 0.29) is 42.0 Å². The van der Waals surface area contributed by atoms with Gasteiger partial charge >= 0.3 is 0 Å². The molecule has 0 radical (unpaired) electrons. The van der Waals surface area contributed by atoms with Crippen molar-refractivity contribution in [3.05, 3.63) is 65.7 Å². The van der Waals surface area contributed by atoms with Gasteiger partial charge in [0.15, 0.2) is 0 Å². The molecule has 144 valence electrons. The first-order valence-electron chi connectivity index (χ1n) is 8.86. The average Bonchev–Trinajstić information content (AvgIpc) is 3.19. The van der Waals surface area contributed by atoms with Crippen LogP contribution in [0.15, 0.2) is 48.5 Å². The van der Waals surface area contributed by atoms with Gasteiger partial charge < -0.3 is 10.6 Å². The highest BCUT2D eigenvalue weighted by Crippen LogP contribution is 2.33. The smallest absolute Gasteiger partial charge is 0.244 e. The van der Waals surface area contributed by atoms with E-state index >= 15 is 0 Å². The summed E-state index contributed by atoms with van der Waals surface area (Å²) in [5.74, 6) is -1.52. The van der Waals surface area contributed by atoms with Crippen molar-refractivity contribution >= 4 is 24.0 Å². The van der Waals surface area contributed by atoms with E-state index in [0.717, 1.165) is 5.56 Å². The third kappa shape index (κ3) is 3.57. The van der Waals surface area contributed by atoms with Crippen molar-refractivity contribution in [2.24, 2.45) is 5.73 Å². The molecular weight excluding hydrogens is 372 g/mol. The number of rotatable bonds is 3. The summed E-state index contributed by atoms with van der Waals surface area (Å²) >= 11 is 0. The number of amides is 1. The highest BCUT2D eigenvalue weighted by Gasteiger charge is 2.43. The molecule has 3 atom stereocenters. The molecular formula is C20H22ClF2N3O. The fourth-order valence-corrected chi connectivity index (χ4v) is 4.14. The van der Waals surface area contributed by atoms with Gasteiger partial charge in [-0.3, -0.25) is 9.69 Å². The first kappa shape index (κ1) is 19.7. The maximum absolute atomic E-state index is 14.1. The molecule has 2 aliphatic rings. The summed E-state index contributed by atoms with van der Waals surface area (Å²) in [4.78, 5) is 16.1. The molecule has 2 N–H and O–H groups in total. The Morgan fingerprint density at radius 1 is 0.963 bits per heavy atom. The lowest BCUT2D eigenvalue weighted by Crippen LogP contribution is -2.42. The Hall–Kier alpha value is -2.02. The molecule has 1 amide bonds. The highest BCUT2D eigenvalue weighted by atomic mass is 35.5. The molecule has 0 aromatic heterocycles. The lowest BCUT2D eigenvalue weighted by atomic mass is 9.95. The van der Waals surface area contributed by atoms with E-state index in [1.54, 1.807) is 0 Å². The van der Waals surface area contributed by atoms with Crippen LogP contribution in [-0.4, -0.2) is 42.5 Å². The second kappa shape index (κ2) is 7.92. The summed E-state index contributed by atoms with van der Waals surface area (Å²) in [6.07, 6.45) is 0.542. The molecule has 0 spiro atoms. The topological polar surface area (TPSA) is 49.6 Å². The minimum absolute atomic E-state index is 0. The van der Waals surface area contributed by atoms with E-state index in [4.69, 9.17) is 5.73 Å². The number of para-hydroxylation sites is 1. The molecule has 1 unspecified atom stereocenters. The number of carbonyl (C=O) groups excluding carboxylic acids is 1. The van der Waals surface area contributed by atoms with Crippen LogP contribution in [0.5, 0.6) is 0 Å². The summed E-state index contributed by atoms with van der Waals surface area (Å²) in [5, 5.41) is 0. The lowest BCUT2D eigenvalue weighted by molar-refractivity contribution is -0.121. The average molecular weight is 394 g/mol. The van der Waals surface area contributed by atoms with E-state index in [0.29, 0.717) is 26.1 Å². The third-order valence-electron chi connectivity index (χ3n) is 5.45. The first-order chi connectivity index (χ1) is 12.6. The van der Waals surface area contributed by atoms with Gasteiger partial charge in [-0.25, -0.2) is 8.78 Å². The minimum Gasteiger partial charge on any atom is -0.326 e. The van der Waals surface area contributed by atoms with Crippen LogP contribution in [0.25, 0.3) is 0 Å². The van der Waals surface area contributed by atoms with Crippen molar-refractivity contribution in [3.63, 3.8) is 0 Å². The molecule has 7 heteroatoms. The summed E-state index contributed by atoms with van der Waals surface area (Å²) in [5.41, 5.74) is 7.23. The summed E-state index contributed by atoms with van der Waals surface area (Å²) in [7, 11) is 0. The molecule has 4 rings (SSSR count). The zero-order valence-corrected chi connectivity index (χ0v) is 15.5. The molecule has 0 aliphatic carbocycles. The van der Waals surface area contributed by atoms with Gasteiger partial charge in [0.2, 0.25) is 5.91 Å². The molecule has 2 saturated heterocycles. The number of anilines is 1. The molecule has 2 heterocycles. The number of nitrogens with two attached hydrogens (primary N) is 1. The Balaban J connectivity index is 0.00000210. The van der Waals surface area contributed by atoms with E-state index in [9.17, 15) is 13.6 Å². The summed E-state index contributed by atoms with van der Waals surface area (Å²) in [6.45, 7) is 1.59. The van der Waals surface area contributed by atoms with Gasteiger partial charge in [0.1, 0.15) is 17.3 Å². The fourth-order valence-electron chi connectivity index (χ4n) is 4.14. The highest BCUT2D eigenvalue weighted by molar-refractivity contribution is 5.99. The molecule has 2 aliphatic heterocycles. The van der Waals surface area contributed by atoms with Crippen LogP contribution >= 0.6 is 12.4 Å². The van der Waals surface area contributed by atoms with Crippen LogP contribution in [0.1, 0.15) is 17.9 Å². The van der Waals surface area contributed by atoms with Gasteiger partial charge in [-0.15, -0.1) is 12.4 Å². The van der Waals surface area contributed by atoms with Gasteiger partial charge in [0.05, 0.1) is 6.04 Å². The van der Waals surface area contributed by atoms with Crippen molar-refractivity contribution in [1.82, 2.24) is 4.90 Å². The van der Waals surface area contributed by atoms with Crippen LogP contribution in [0.2, 0.25) is 0 Å². The van der Waals surface area contributed by atoms with E-state index in [1.807, 2.05) is 30.3 Å². The van der Waals surface area contributed by atoms with Crippen molar-refractivity contribution in [2.75, 3.05) is 24.5 Å². The summed E-state index contributed by atoms with van der Waals surface area (Å²) < 4.78 is 28.1. The standard InChI is InChI=1S/C20H21F2N3O.ClH/c21-15-7-4-8-16(22)19(15)25-10-9-18(20(25)26)24-11-14(17(23)12-24)13-5-2-1-3-6-13;/h1-8,14,17-18H,9-12,23H2;1H/t14-,17+,18?;/m0./s1. The molecule has 27 heavy (non-hydrogen) atoms. The van der Waals surface area contributed by atoms with E-state index in [1.165, 1.54) is 23.1 Å².